The van der Waals surface area contributed by atoms with Crippen molar-refractivity contribution in [3.8, 4) is 17.2 Å². The molecule has 2 heterocycles. The first kappa shape index (κ1) is 13.5. The van der Waals surface area contributed by atoms with Crippen molar-refractivity contribution in [3.05, 3.63) is 17.7 Å². The number of ether oxygens (including phenoxy) is 3. The van der Waals surface area contributed by atoms with Crippen molar-refractivity contribution in [2.24, 2.45) is 5.73 Å². The zero-order valence-electron chi connectivity index (χ0n) is 11.0. The third kappa shape index (κ3) is 2.69. The van der Waals surface area contributed by atoms with Crippen LogP contribution in [0.15, 0.2) is 12.1 Å². The molecule has 2 aliphatic rings. The van der Waals surface area contributed by atoms with Crippen molar-refractivity contribution < 1.29 is 22.6 Å². The van der Waals surface area contributed by atoms with Crippen LogP contribution < -0.4 is 19.9 Å². The average molecular weight is 299 g/mol. The molecule has 1 atom stereocenters. The molecule has 0 radical (unpaired) electrons. The number of hydrogen-bond donors (Lipinski definition) is 1. The minimum Gasteiger partial charge on any atom is -0.489 e. The van der Waals surface area contributed by atoms with Gasteiger partial charge in [0.25, 0.3) is 0 Å². The van der Waals surface area contributed by atoms with Gasteiger partial charge < -0.3 is 19.9 Å². The van der Waals surface area contributed by atoms with Crippen molar-refractivity contribution in [2.45, 2.75) is 18.9 Å². The highest BCUT2D eigenvalue weighted by molar-refractivity contribution is 7.91. The summed E-state index contributed by atoms with van der Waals surface area (Å²) < 4.78 is 39.5. The Morgan fingerprint density at radius 1 is 1.30 bits per heavy atom. The third-order valence-electron chi connectivity index (χ3n) is 3.45. The Morgan fingerprint density at radius 2 is 2.05 bits per heavy atom. The SMILES string of the molecule is NCCc1cc2c(cc1OC1CCS(=O)(=O)C1)OCO2. The lowest BCUT2D eigenvalue weighted by Crippen LogP contribution is -2.19. The second kappa shape index (κ2) is 5.14. The maximum absolute atomic E-state index is 11.5. The summed E-state index contributed by atoms with van der Waals surface area (Å²) in [6.07, 6.45) is 0.876. The van der Waals surface area contributed by atoms with Crippen LogP contribution in [0.5, 0.6) is 17.2 Å². The highest BCUT2D eigenvalue weighted by Gasteiger charge is 2.30. The predicted octanol–water partition coefficient (Wildman–Crippen LogP) is 0.482. The van der Waals surface area contributed by atoms with Gasteiger partial charge in [0.05, 0.1) is 11.5 Å². The van der Waals surface area contributed by atoms with E-state index < -0.39 is 9.84 Å². The standard InChI is InChI=1S/C13H17NO5S/c14-3-1-9-5-12-13(18-8-17-12)6-11(9)19-10-2-4-20(15,16)7-10/h5-6,10H,1-4,7-8,14H2. The molecule has 0 saturated carbocycles. The Balaban J connectivity index is 1.84. The van der Waals surface area contributed by atoms with Gasteiger partial charge in [-0.3, -0.25) is 0 Å². The molecule has 1 aromatic carbocycles. The highest BCUT2D eigenvalue weighted by atomic mass is 32.2. The van der Waals surface area contributed by atoms with E-state index in [9.17, 15) is 8.42 Å². The molecule has 1 fully saturated rings. The van der Waals surface area contributed by atoms with Gasteiger partial charge in [-0.2, -0.15) is 0 Å². The van der Waals surface area contributed by atoms with Crippen molar-refractivity contribution >= 4 is 9.84 Å². The minimum absolute atomic E-state index is 0.0729. The van der Waals surface area contributed by atoms with E-state index >= 15 is 0 Å². The van der Waals surface area contributed by atoms with Gasteiger partial charge in [0.2, 0.25) is 6.79 Å². The molecule has 1 unspecified atom stereocenters. The molecule has 2 N–H and O–H groups in total. The first-order chi connectivity index (χ1) is 9.57. The Hall–Kier alpha value is -1.47. The summed E-state index contributed by atoms with van der Waals surface area (Å²) >= 11 is 0. The molecule has 7 heteroatoms. The summed E-state index contributed by atoms with van der Waals surface area (Å²) in [7, 11) is -2.96. The lowest BCUT2D eigenvalue weighted by Gasteiger charge is -2.16. The van der Waals surface area contributed by atoms with Gasteiger partial charge >= 0.3 is 0 Å². The first-order valence-electron chi connectivity index (χ1n) is 6.57. The molecule has 1 saturated heterocycles. The zero-order valence-corrected chi connectivity index (χ0v) is 11.8. The molecule has 0 aliphatic carbocycles. The summed E-state index contributed by atoms with van der Waals surface area (Å²) in [5, 5.41) is 0. The topological polar surface area (TPSA) is 87.9 Å². The molecule has 0 bridgehead atoms. The molecule has 0 amide bonds. The van der Waals surface area contributed by atoms with Gasteiger partial charge in [-0.1, -0.05) is 0 Å². The van der Waals surface area contributed by atoms with E-state index in [1.54, 1.807) is 6.07 Å². The molecule has 1 aromatic rings. The highest BCUT2D eigenvalue weighted by Crippen LogP contribution is 2.39. The van der Waals surface area contributed by atoms with Gasteiger partial charge in [-0.05, 0) is 31.0 Å². The monoisotopic (exact) mass is 299 g/mol. The number of hydrogen-bond acceptors (Lipinski definition) is 6. The maximum Gasteiger partial charge on any atom is 0.231 e. The van der Waals surface area contributed by atoms with Crippen LogP contribution in [0.25, 0.3) is 0 Å². The lowest BCUT2D eigenvalue weighted by atomic mass is 10.1. The summed E-state index contributed by atoms with van der Waals surface area (Å²) in [5.41, 5.74) is 6.52. The maximum atomic E-state index is 11.5. The molecular formula is C13H17NO5S. The van der Waals surface area contributed by atoms with Crippen LogP contribution in [0.2, 0.25) is 0 Å². The van der Waals surface area contributed by atoms with Gasteiger partial charge in [0, 0.05) is 6.07 Å². The van der Waals surface area contributed by atoms with E-state index in [2.05, 4.69) is 0 Å². The summed E-state index contributed by atoms with van der Waals surface area (Å²) in [5.74, 6) is 2.21. The van der Waals surface area contributed by atoms with Crippen LogP contribution in [0.3, 0.4) is 0 Å². The van der Waals surface area contributed by atoms with E-state index in [1.807, 2.05) is 6.07 Å². The number of fused-ring (bicyclic) bond motifs is 1. The Morgan fingerprint density at radius 3 is 2.70 bits per heavy atom. The molecule has 110 valence electrons. The van der Waals surface area contributed by atoms with Crippen LogP contribution >= 0.6 is 0 Å². The second-order valence-electron chi connectivity index (χ2n) is 4.99. The largest absolute Gasteiger partial charge is 0.489 e. The van der Waals surface area contributed by atoms with Crippen molar-refractivity contribution in [3.63, 3.8) is 0 Å². The Kier molecular flexibility index (Phi) is 3.47. The average Bonchev–Trinajstić information content (AvgIpc) is 2.96. The molecule has 0 aromatic heterocycles. The molecule has 2 aliphatic heterocycles. The van der Waals surface area contributed by atoms with Gasteiger partial charge in [-0.25, -0.2) is 8.42 Å². The normalized spacial score (nSPS) is 22.9. The van der Waals surface area contributed by atoms with Crippen molar-refractivity contribution in [1.82, 2.24) is 0 Å². The van der Waals surface area contributed by atoms with E-state index in [-0.39, 0.29) is 24.4 Å². The van der Waals surface area contributed by atoms with E-state index in [1.165, 1.54) is 0 Å². The first-order valence-corrected chi connectivity index (χ1v) is 8.39. The quantitative estimate of drug-likeness (QED) is 0.870. The third-order valence-corrected chi connectivity index (χ3v) is 5.19. The van der Waals surface area contributed by atoms with Crippen LogP contribution in [0, 0.1) is 0 Å². The molecule has 20 heavy (non-hydrogen) atoms. The predicted molar refractivity (Wildman–Crippen MR) is 73.0 cm³/mol. The summed E-state index contributed by atoms with van der Waals surface area (Å²) in [6, 6.07) is 3.62. The molecule has 3 rings (SSSR count). The number of sulfone groups is 1. The fraction of sp³-hybridized carbons (Fsp3) is 0.538. The van der Waals surface area contributed by atoms with Crippen molar-refractivity contribution in [1.29, 1.82) is 0 Å². The van der Waals surface area contributed by atoms with E-state index in [0.717, 1.165) is 5.56 Å². The Bertz CT molecular complexity index is 613. The summed E-state index contributed by atoms with van der Waals surface area (Å²) in [6.45, 7) is 0.678. The number of rotatable bonds is 4. The van der Waals surface area contributed by atoms with Gasteiger partial charge in [0.15, 0.2) is 21.3 Å². The van der Waals surface area contributed by atoms with Crippen molar-refractivity contribution in [2.75, 3.05) is 24.8 Å². The van der Waals surface area contributed by atoms with Crippen LogP contribution in [0.4, 0.5) is 0 Å². The Labute approximate surface area is 117 Å². The smallest absolute Gasteiger partial charge is 0.231 e. The van der Waals surface area contributed by atoms with Gasteiger partial charge in [-0.15, -0.1) is 0 Å². The summed E-state index contributed by atoms with van der Waals surface area (Å²) in [4.78, 5) is 0. The number of nitrogens with two attached hydrogens (primary N) is 1. The van der Waals surface area contributed by atoms with Crippen LogP contribution in [-0.4, -0.2) is 39.4 Å². The molecular weight excluding hydrogens is 282 g/mol. The van der Waals surface area contributed by atoms with E-state index in [0.29, 0.717) is 36.6 Å². The zero-order chi connectivity index (χ0) is 14.2. The van der Waals surface area contributed by atoms with Crippen LogP contribution in [-0.2, 0) is 16.3 Å². The second-order valence-corrected chi connectivity index (χ2v) is 7.22. The van der Waals surface area contributed by atoms with E-state index in [4.69, 9.17) is 19.9 Å². The van der Waals surface area contributed by atoms with Gasteiger partial charge in [0.1, 0.15) is 11.9 Å². The molecule has 6 nitrogen and oxygen atoms in total. The van der Waals surface area contributed by atoms with Crippen LogP contribution in [0.1, 0.15) is 12.0 Å². The fourth-order valence-corrected chi connectivity index (χ4v) is 4.05. The lowest BCUT2D eigenvalue weighted by molar-refractivity contribution is 0.173. The number of benzene rings is 1. The minimum atomic E-state index is -2.96. The molecule has 0 spiro atoms. The fourth-order valence-electron chi connectivity index (χ4n) is 2.46.